The summed E-state index contributed by atoms with van der Waals surface area (Å²) in [5, 5.41) is 4.71. The zero-order valence-electron chi connectivity index (χ0n) is 8.41. The van der Waals surface area contributed by atoms with Crippen molar-refractivity contribution in [1.82, 2.24) is 10.6 Å². The Labute approximate surface area is 87.6 Å². The van der Waals surface area contributed by atoms with Gasteiger partial charge in [-0.1, -0.05) is 0 Å². The molecule has 0 aromatic heterocycles. The smallest absolute Gasteiger partial charge is 0.318 e. The maximum Gasteiger partial charge on any atom is 0.318 e. The Hall–Kier alpha value is -1.63. The van der Waals surface area contributed by atoms with E-state index < -0.39 is 11.9 Å². The van der Waals surface area contributed by atoms with Crippen LogP contribution >= 0.6 is 0 Å². The number of carbonyl (C=O) groups is 3. The first-order valence-electron chi connectivity index (χ1n) is 4.60. The maximum atomic E-state index is 10.8. The first-order chi connectivity index (χ1) is 7.02. The van der Waals surface area contributed by atoms with Gasteiger partial charge in [-0.25, -0.2) is 4.79 Å². The monoisotopic (exact) mass is 216 g/mol. The average molecular weight is 216 g/mol. The summed E-state index contributed by atoms with van der Waals surface area (Å²) in [6, 6.07) is -0.865. The van der Waals surface area contributed by atoms with Gasteiger partial charge in [0.25, 0.3) is 0 Å². The Bertz CT molecular complexity index is 242. The highest BCUT2D eigenvalue weighted by Gasteiger charge is 2.02. The third kappa shape index (κ3) is 10.3. The van der Waals surface area contributed by atoms with Gasteiger partial charge in [0, 0.05) is 6.42 Å². The molecular formula is C8H16N4O3. The fraction of sp³-hybridized carbons (Fsp3) is 0.625. The van der Waals surface area contributed by atoms with Gasteiger partial charge < -0.3 is 16.8 Å². The first-order valence-corrected chi connectivity index (χ1v) is 4.60. The second-order valence-corrected chi connectivity index (χ2v) is 3.01. The zero-order chi connectivity index (χ0) is 11.7. The van der Waals surface area contributed by atoms with E-state index in [1.165, 1.54) is 0 Å². The van der Waals surface area contributed by atoms with Crippen molar-refractivity contribution in [2.45, 2.75) is 19.3 Å². The van der Waals surface area contributed by atoms with Crippen LogP contribution in [-0.2, 0) is 9.59 Å². The number of hydrogen-bond acceptors (Lipinski definition) is 4. The molecular weight excluding hydrogens is 200 g/mol. The van der Waals surface area contributed by atoms with Gasteiger partial charge in [-0.2, -0.15) is 0 Å². The van der Waals surface area contributed by atoms with Crippen molar-refractivity contribution in [3.8, 4) is 0 Å². The molecule has 6 N–H and O–H groups in total. The number of nitrogens with one attached hydrogen (secondary N) is 2. The van der Waals surface area contributed by atoms with E-state index >= 15 is 0 Å². The number of nitrogens with two attached hydrogens (primary N) is 2. The van der Waals surface area contributed by atoms with Crippen LogP contribution in [0.3, 0.4) is 0 Å². The van der Waals surface area contributed by atoms with Gasteiger partial charge in [0.05, 0.1) is 6.54 Å². The van der Waals surface area contributed by atoms with Crippen molar-refractivity contribution >= 4 is 17.8 Å². The van der Waals surface area contributed by atoms with Crippen LogP contribution in [0.1, 0.15) is 19.3 Å². The highest BCUT2D eigenvalue weighted by molar-refractivity contribution is 5.94. The predicted octanol–water partition coefficient (Wildman–Crippen LogP) is -1.57. The van der Waals surface area contributed by atoms with E-state index in [1.807, 2.05) is 5.32 Å². The summed E-state index contributed by atoms with van der Waals surface area (Å²) >= 11 is 0. The summed E-state index contributed by atoms with van der Waals surface area (Å²) in [6.07, 6.45) is 1.77. The summed E-state index contributed by atoms with van der Waals surface area (Å²) in [5.74, 6) is -0.807. The van der Waals surface area contributed by atoms with E-state index in [0.717, 1.165) is 6.42 Å². The predicted molar refractivity (Wildman–Crippen MR) is 53.6 cm³/mol. The van der Waals surface area contributed by atoms with Crippen LogP contribution in [-0.4, -0.2) is 30.9 Å². The third-order valence-electron chi connectivity index (χ3n) is 1.57. The molecule has 0 aliphatic heterocycles. The number of imide groups is 1. The molecule has 0 aliphatic rings. The summed E-state index contributed by atoms with van der Waals surface area (Å²) in [6.45, 7) is 0.610. The standard InChI is InChI=1S/C8H16N4O3/c9-6(13)3-1-2-4-11-5-7(14)12-8(10)15/h11H,1-5H2,(H2,9,13)(H3,10,12,14,15). The number of unbranched alkanes of at least 4 members (excludes halogenated alkanes) is 1. The molecule has 0 bridgehead atoms. The number of urea groups is 1. The van der Waals surface area contributed by atoms with Crippen LogP contribution in [0.4, 0.5) is 4.79 Å². The second-order valence-electron chi connectivity index (χ2n) is 3.01. The minimum atomic E-state index is -0.865. The van der Waals surface area contributed by atoms with Crippen molar-refractivity contribution in [2.75, 3.05) is 13.1 Å². The Kier molecular flexibility index (Phi) is 6.90. The van der Waals surface area contributed by atoms with E-state index in [0.29, 0.717) is 19.4 Å². The maximum absolute atomic E-state index is 10.8. The first kappa shape index (κ1) is 13.4. The summed E-state index contributed by atoms with van der Waals surface area (Å²) in [7, 11) is 0. The molecule has 15 heavy (non-hydrogen) atoms. The fourth-order valence-electron chi connectivity index (χ4n) is 0.933. The number of rotatable bonds is 7. The molecule has 86 valence electrons. The molecule has 7 nitrogen and oxygen atoms in total. The van der Waals surface area contributed by atoms with E-state index in [2.05, 4.69) is 5.32 Å². The normalized spacial score (nSPS) is 9.60. The Morgan fingerprint density at radius 3 is 2.27 bits per heavy atom. The number of amides is 4. The Balaban J connectivity index is 3.27. The molecule has 0 rings (SSSR count). The summed E-state index contributed by atoms with van der Waals surface area (Å²) < 4.78 is 0. The quantitative estimate of drug-likeness (QED) is 0.383. The lowest BCUT2D eigenvalue weighted by atomic mass is 10.2. The van der Waals surface area contributed by atoms with E-state index in [9.17, 15) is 14.4 Å². The summed E-state index contributed by atoms with van der Waals surface area (Å²) in [5.41, 5.74) is 9.66. The molecule has 0 heterocycles. The zero-order valence-corrected chi connectivity index (χ0v) is 8.41. The lowest BCUT2D eigenvalue weighted by Crippen LogP contribution is -2.40. The molecule has 0 unspecified atom stereocenters. The lowest BCUT2D eigenvalue weighted by Gasteiger charge is -2.03. The molecule has 7 heteroatoms. The number of carbonyl (C=O) groups excluding carboxylic acids is 3. The molecule has 0 aromatic carbocycles. The van der Waals surface area contributed by atoms with E-state index in [4.69, 9.17) is 11.5 Å². The van der Waals surface area contributed by atoms with Gasteiger partial charge >= 0.3 is 6.03 Å². The number of hydrogen-bond donors (Lipinski definition) is 4. The fourth-order valence-corrected chi connectivity index (χ4v) is 0.933. The van der Waals surface area contributed by atoms with Crippen molar-refractivity contribution < 1.29 is 14.4 Å². The largest absolute Gasteiger partial charge is 0.370 e. The number of primary amides is 2. The highest BCUT2D eigenvalue weighted by Crippen LogP contribution is 1.91. The highest BCUT2D eigenvalue weighted by atomic mass is 16.2. The second kappa shape index (κ2) is 7.74. The molecule has 0 atom stereocenters. The molecule has 0 fully saturated rings. The average Bonchev–Trinajstić information content (AvgIpc) is 2.09. The van der Waals surface area contributed by atoms with E-state index in [-0.39, 0.29) is 12.5 Å². The van der Waals surface area contributed by atoms with Crippen LogP contribution in [0.15, 0.2) is 0 Å². The van der Waals surface area contributed by atoms with Crippen LogP contribution in [0, 0.1) is 0 Å². The van der Waals surface area contributed by atoms with Gasteiger partial charge in [0.2, 0.25) is 11.8 Å². The van der Waals surface area contributed by atoms with Gasteiger partial charge in [-0.3, -0.25) is 14.9 Å². The molecule has 0 saturated heterocycles. The van der Waals surface area contributed by atoms with Gasteiger partial charge in [0.15, 0.2) is 0 Å². The minimum Gasteiger partial charge on any atom is -0.370 e. The topological polar surface area (TPSA) is 127 Å². The SMILES string of the molecule is NC(=O)CCCCNCC(=O)NC(N)=O. The summed E-state index contributed by atoms with van der Waals surface area (Å²) in [4.78, 5) is 31.4. The van der Waals surface area contributed by atoms with Crippen molar-refractivity contribution in [1.29, 1.82) is 0 Å². The van der Waals surface area contributed by atoms with Gasteiger partial charge in [-0.05, 0) is 19.4 Å². The van der Waals surface area contributed by atoms with Crippen LogP contribution in [0.5, 0.6) is 0 Å². The Morgan fingerprint density at radius 2 is 1.73 bits per heavy atom. The van der Waals surface area contributed by atoms with Crippen LogP contribution in [0.2, 0.25) is 0 Å². The molecule has 0 aromatic rings. The van der Waals surface area contributed by atoms with Crippen LogP contribution < -0.4 is 22.1 Å². The lowest BCUT2D eigenvalue weighted by molar-refractivity contribution is -0.119. The molecule has 4 amide bonds. The molecule has 0 saturated carbocycles. The minimum absolute atomic E-state index is 0.0273. The molecule has 0 radical (unpaired) electrons. The molecule has 0 spiro atoms. The van der Waals surface area contributed by atoms with Gasteiger partial charge in [-0.15, -0.1) is 0 Å². The third-order valence-corrected chi connectivity index (χ3v) is 1.57. The van der Waals surface area contributed by atoms with E-state index in [1.54, 1.807) is 0 Å². The van der Waals surface area contributed by atoms with Crippen molar-refractivity contribution in [3.05, 3.63) is 0 Å². The van der Waals surface area contributed by atoms with Gasteiger partial charge in [0.1, 0.15) is 0 Å². The van der Waals surface area contributed by atoms with Crippen molar-refractivity contribution in [2.24, 2.45) is 11.5 Å². The van der Waals surface area contributed by atoms with Crippen molar-refractivity contribution in [3.63, 3.8) is 0 Å². The van der Waals surface area contributed by atoms with Crippen LogP contribution in [0.25, 0.3) is 0 Å². The Morgan fingerprint density at radius 1 is 1.07 bits per heavy atom. The molecule has 0 aliphatic carbocycles.